The topological polar surface area (TPSA) is 127 Å². The Hall–Kier alpha value is -4.06. The number of amides is 2. The van der Waals surface area contributed by atoms with E-state index in [1.807, 2.05) is 6.07 Å². The number of carbonyl (C=O) groups excluding carboxylic acids is 2. The minimum Gasteiger partial charge on any atom is -0.429 e. The van der Waals surface area contributed by atoms with Crippen molar-refractivity contribution in [3.8, 4) is 11.8 Å². The zero-order valence-electron chi connectivity index (χ0n) is 23.6. The maximum absolute atomic E-state index is 14.6. The predicted molar refractivity (Wildman–Crippen MR) is 145 cm³/mol. The summed E-state index contributed by atoms with van der Waals surface area (Å²) in [6.45, 7) is -1.60. The Morgan fingerprint density at radius 1 is 1.23 bits per heavy atom. The van der Waals surface area contributed by atoms with Crippen LogP contribution in [0.4, 0.5) is 32.2 Å². The highest BCUT2D eigenvalue weighted by molar-refractivity contribution is 6.34. The fourth-order valence-electron chi connectivity index (χ4n) is 4.44. The third-order valence-electron chi connectivity index (χ3n) is 7.32. The first-order chi connectivity index (χ1) is 19.8. The molecule has 1 heterocycles. The number of aromatic nitrogens is 2. The maximum atomic E-state index is 14.6. The van der Waals surface area contributed by atoms with Crippen LogP contribution in [0.15, 0.2) is 29.4 Å². The van der Waals surface area contributed by atoms with Crippen molar-refractivity contribution in [3.63, 3.8) is 0 Å². The predicted octanol–water partition coefficient (Wildman–Crippen LogP) is 5.99. The van der Waals surface area contributed by atoms with Crippen molar-refractivity contribution < 1.29 is 40.7 Å². The summed E-state index contributed by atoms with van der Waals surface area (Å²) in [6.07, 6.45) is 2.55. The van der Waals surface area contributed by atoms with Crippen molar-refractivity contribution >= 4 is 41.0 Å². The van der Waals surface area contributed by atoms with Gasteiger partial charge in [-0.15, -0.1) is 0 Å². The van der Waals surface area contributed by atoms with Crippen molar-refractivity contribution in [2.24, 2.45) is 17.8 Å². The van der Waals surface area contributed by atoms with Gasteiger partial charge in [-0.2, -0.15) is 19.1 Å². The number of halogens is 7. The summed E-state index contributed by atoms with van der Waals surface area (Å²) in [5.41, 5.74) is -0.0765. The summed E-state index contributed by atoms with van der Waals surface area (Å²) in [4.78, 5) is 30.4. The summed E-state index contributed by atoms with van der Waals surface area (Å²) in [7, 11) is 1.10. The zero-order chi connectivity index (χ0) is 32.7. The number of alkyl halides is 6. The molecule has 0 aliphatic heterocycles. The van der Waals surface area contributed by atoms with Gasteiger partial charge in [-0.05, 0) is 37.5 Å². The number of ether oxygens (including phenoxy) is 1. The number of allylic oxidation sites excluding steroid dienone is 1. The van der Waals surface area contributed by atoms with Crippen LogP contribution < -0.4 is 10.5 Å². The van der Waals surface area contributed by atoms with Gasteiger partial charge in [0, 0.05) is 45.8 Å². The molecule has 1 saturated carbocycles. The van der Waals surface area contributed by atoms with Crippen LogP contribution in [0.5, 0.6) is 5.75 Å². The molecule has 2 N–H and O–H groups in total. The number of nitrogens with two attached hydrogens (primary N) is 1. The third-order valence-corrected chi connectivity index (χ3v) is 7.65. The van der Waals surface area contributed by atoms with Crippen LogP contribution in [0.25, 0.3) is 5.57 Å². The Morgan fingerprint density at radius 3 is 2.26 bits per heavy atom. The quantitative estimate of drug-likeness (QED) is 0.253. The number of hydrogen-bond donors (Lipinski definition) is 1. The average molecular weight is 633 g/mol. The highest BCUT2D eigenvalue weighted by atomic mass is 35.5. The Balaban J connectivity index is 2.12. The molecule has 43 heavy (non-hydrogen) atoms. The van der Waals surface area contributed by atoms with E-state index in [0.29, 0.717) is 11.6 Å². The number of aliphatic imine (C=N–C) groups is 1. The molecule has 2 amide bonds. The zero-order valence-corrected chi connectivity index (χ0v) is 24.3. The fourth-order valence-corrected chi connectivity index (χ4v) is 4.64. The van der Waals surface area contributed by atoms with E-state index in [-0.39, 0.29) is 48.4 Å². The van der Waals surface area contributed by atoms with Gasteiger partial charge in [0.25, 0.3) is 17.8 Å². The second-order valence-electron chi connectivity index (χ2n) is 10.3. The van der Waals surface area contributed by atoms with Gasteiger partial charge < -0.3 is 10.5 Å². The molecule has 3 rings (SSSR count). The van der Waals surface area contributed by atoms with Gasteiger partial charge in [-0.25, -0.2) is 27.2 Å². The lowest BCUT2D eigenvalue weighted by molar-refractivity contribution is -0.173. The SMILES string of the molecule is CC(=O)N(C(=O)c1cc(C(C=Nc2c(OC(F)F)c(C(C)(C(C)(F)F)C(C)(F)F)nn2C)=CN)ccc1Cl)C1(C#N)CC1. The van der Waals surface area contributed by atoms with E-state index in [1.165, 1.54) is 18.2 Å². The molecule has 2 aromatic rings. The number of imide groups is 1. The lowest BCUT2D eigenvalue weighted by Crippen LogP contribution is -2.53. The summed E-state index contributed by atoms with van der Waals surface area (Å²) in [6, 6.07) is 5.92. The van der Waals surface area contributed by atoms with Crippen LogP contribution in [0.3, 0.4) is 0 Å². The van der Waals surface area contributed by atoms with E-state index in [0.717, 1.165) is 31.3 Å². The maximum Gasteiger partial charge on any atom is 0.387 e. The first-order valence-corrected chi connectivity index (χ1v) is 12.9. The van der Waals surface area contributed by atoms with E-state index in [2.05, 4.69) is 14.8 Å². The van der Waals surface area contributed by atoms with E-state index < -0.39 is 58.5 Å². The standard InChI is InChI=1S/C27H27ClF6N6O3/c1-14(41)40(27(13-36)8-9-27)22(42)17-10-15(6-7-18(17)28)16(11-35)12-37-21-19(43-23(29)30)20(38-39(21)5)24(2,25(3,31)32)26(4,33)34/h6-7,10-12,23H,8-9,35H2,1-5H3. The summed E-state index contributed by atoms with van der Waals surface area (Å²) >= 11 is 6.24. The van der Waals surface area contributed by atoms with Gasteiger partial charge in [0.15, 0.2) is 11.6 Å². The molecular formula is C27H27ClF6N6O3. The second kappa shape index (κ2) is 11.6. The van der Waals surface area contributed by atoms with Crippen LogP contribution >= 0.6 is 11.6 Å². The highest BCUT2D eigenvalue weighted by Gasteiger charge is 2.64. The van der Waals surface area contributed by atoms with Crippen molar-refractivity contribution in [2.45, 2.75) is 69.9 Å². The molecule has 0 saturated heterocycles. The van der Waals surface area contributed by atoms with E-state index in [9.17, 15) is 41.2 Å². The number of rotatable bonds is 10. The van der Waals surface area contributed by atoms with Crippen LogP contribution in [0, 0.1) is 11.3 Å². The molecule has 16 heteroatoms. The number of benzene rings is 1. The molecule has 0 radical (unpaired) electrons. The van der Waals surface area contributed by atoms with Gasteiger partial charge in [0.05, 0.1) is 16.7 Å². The lowest BCUT2D eigenvalue weighted by Gasteiger charge is -2.38. The molecule has 0 spiro atoms. The van der Waals surface area contributed by atoms with Gasteiger partial charge in [-0.1, -0.05) is 17.7 Å². The molecule has 232 valence electrons. The van der Waals surface area contributed by atoms with Crippen LogP contribution in [0.1, 0.15) is 62.2 Å². The first-order valence-electron chi connectivity index (χ1n) is 12.6. The van der Waals surface area contributed by atoms with E-state index in [1.54, 1.807) is 0 Å². The first kappa shape index (κ1) is 33.4. The van der Waals surface area contributed by atoms with Crippen LogP contribution in [0.2, 0.25) is 5.02 Å². The number of nitrogens with zero attached hydrogens (tertiary/aromatic N) is 5. The molecule has 9 nitrogen and oxygen atoms in total. The average Bonchev–Trinajstić information content (AvgIpc) is 3.61. The van der Waals surface area contributed by atoms with Gasteiger partial charge >= 0.3 is 6.61 Å². The Bertz CT molecular complexity index is 1520. The van der Waals surface area contributed by atoms with Crippen LogP contribution in [-0.4, -0.2) is 56.7 Å². The number of hydrogen-bond acceptors (Lipinski definition) is 7. The molecular weight excluding hydrogens is 606 g/mol. The van der Waals surface area contributed by atoms with Gasteiger partial charge in [0.2, 0.25) is 5.91 Å². The van der Waals surface area contributed by atoms with Gasteiger partial charge in [0.1, 0.15) is 16.6 Å². The van der Waals surface area contributed by atoms with E-state index >= 15 is 0 Å². The molecule has 1 aliphatic carbocycles. The molecule has 0 unspecified atom stereocenters. The number of nitriles is 1. The van der Waals surface area contributed by atoms with E-state index in [4.69, 9.17) is 17.3 Å². The van der Waals surface area contributed by atoms with Crippen molar-refractivity contribution in [3.05, 3.63) is 46.2 Å². The molecule has 1 fully saturated rings. The fraction of sp³-hybridized carbons (Fsp3) is 0.444. The molecule has 1 aliphatic rings. The largest absolute Gasteiger partial charge is 0.429 e. The normalized spacial score (nSPS) is 15.5. The minimum atomic E-state index is -4.16. The Morgan fingerprint density at radius 2 is 1.81 bits per heavy atom. The third kappa shape index (κ3) is 6.06. The van der Waals surface area contributed by atoms with Crippen LogP contribution in [-0.2, 0) is 17.3 Å². The highest BCUT2D eigenvalue weighted by Crippen LogP contribution is 2.54. The summed E-state index contributed by atoms with van der Waals surface area (Å²) in [5, 5.41) is 13.1. The lowest BCUT2D eigenvalue weighted by atomic mass is 9.75. The molecule has 0 atom stereocenters. The monoisotopic (exact) mass is 632 g/mol. The minimum absolute atomic E-state index is 0.0247. The molecule has 1 aromatic heterocycles. The van der Waals surface area contributed by atoms with Gasteiger partial charge in [-0.3, -0.25) is 14.5 Å². The number of carbonyl (C=O) groups is 2. The molecule has 1 aromatic carbocycles. The van der Waals surface area contributed by atoms with Crippen molar-refractivity contribution in [1.29, 1.82) is 5.26 Å². The smallest absolute Gasteiger partial charge is 0.387 e. The Labute approximate surface area is 247 Å². The summed E-state index contributed by atoms with van der Waals surface area (Å²) < 4.78 is 90.4. The molecule has 0 bridgehead atoms. The number of aryl methyl sites for hydroxylation is 1. The second-order valence-corrected chi connectivity index (χ2v) is 10.7. The van der Waals surface area contributed by atoms with Crippen molar-refractivity contribution in [1.82, 2.24) is 14.7 Å². The van der Waals surface area contributed by atoms with Crippen molar-refractivity contribution in [2.75, 3.05) is 0 Å². The summed E-state index contributed by atoms with van der Waals surface area (Å²) in [5.74, 6) is -11.6. The Kier molecular flexibility index (Phi) is 8.99.